The van der Waals surface area contributed by atoms with Gasteiger partial charge in [0.1, 0.15) is 53.8 Å². The van der Waals surface area contributed by atoms with E-state index < -0.39 is 83.5 Å². The van der Waals surface area contributed by atoms with E-state index in [1.54, 1.807) is 13.8 Å². The lowest BCUT2D eigenvalue weighted by molar-refractivity contribution is -0.0504. The highest BCUT2D eigenvalue weighted by Gasteiger charge is 2.46. The second-order valence-electron chi connectivity index (χ2n) is 10.5. The zero-order valence-electron chi connectivity index (χ0n) is 24.5. The average Bonchev–Trinajstić information content (AvgIpc) is 3.72. The van der Waals surface area contributed by atoms with Crippen molar-refractivity contribution in [2.24, 2.45) is 0 Å². The van der Waals surface area contributed by atoms with Crippen LogP contribution in [0.3, 0.4) is 0 Å². The minimum atomic E-state index is -4.75. The zero-order valence-corrected chi connectivity index (χ0v) is 27.1. The molecule has 9 N–H and O–H groups in total. The van der Waals surface area contributed by atoms with Crippen molar-refractivity contribution in [1.29, 1.82) is 0 Å². The van der Waals surface area contributed by atoms with E-state index in [1.807, 2.05) is 0 Å². The monoisotopic (exact) mass is 758 g/mol. The van der Waals surface area contributed by atoms with Gasteiger partial charge in [-0.15, -0.1) is 0 Å². The number of ether oxygens (including phenoxy) is 2. The van der Waals surface area contributed by atoms with E-state index in [-0.39, 0.29) is 23.7 Å². The Balaban J connectivity index is 0.000000216. The van der Waals surface area contributed by atoms with Crippen LogP contribution in [0.5, 0.6) is 0 Å². The van der Waals surface area contributed by atoms with Gasteiger partial charge in [0.2, 0.25) is 0 Å². The van der Waals surface area contributed by atoms with Gasteiger partial charge in [-0.1, -0.05) is 19.0 Å². The van der Waals surface area contributed by atoms with E-state index in [2.05, 4.69) is 39.0 Å². The molecular formula is C23H33ClN8O15P2. The third kappa shape index (κ3) is 8.56. The summed E-state index contributed by atoms with van der Waals surface area (Å²) < 4.78 is 43.6. The molecule has 49 heavy (non-hydrogen) atoms. The van der Waals surface area contributed by atoms with E-state index in [0.29, 0.717) is 22.8 Å². The molecule has 2 fully saturated rings. The maximum atomic E-state index is 11.8. The first-order chi connectivity index (χ1) is 22.3. The van der Waals surface area contributed by atoms with Crippen molar-refractivity contribution >= 4 is 49.6 Å². The summed E-state index contributed by atoms with van der Waals surface area (Å²) in [5, 5.41) is 40.4. The summed E-state index contributed by atoms with van der Waals surface area (Å²) in [4.78, 5) is 69.4. The molecule has 0 saturated carbocycles. The molecule has 6 heterocycles. The predicted octanol–water partition coefficient (Wildman–Crippen LogP) is -1.69. The molecule has 26 heteroatoms. The second-order valence-corrected chi connectivity index (χ2v) is 13.4. The normalized spacial score (nSPS) is 27.3. The summed E-state index contributed by atoms with van der Waals surface area (Å²) in [7, 11) is -9.47. The number of phosphoric ester groups is 2. The van der Waals surface area contributed by atoms with Crippen LogP contribution in [0.1, 0.15) is 31.5 Å². The van der Waals surface area contributed by atoms with Gasteiger partial charge < -0.3 is 54.5 Å². The number of aliphatic hydroxyl groups excluding tert-OH is 4. The molecular weight excluding hydrogens is 726 g/mol. The van der Waals surface area contributed by atoms with Gasteiger partial charge in [-0.2, -0.15) is 0 Å². The maximum absolute atomic E-state index is 11.8. The summed E-state index contributed by atoms with van der Waals surface area (Å²) in [5.41, 5.74) is 0.290. The molecule has 8 atom stereocenters. The number of rotatable bonds is 8. The van der Waals surface area contributed by atoms with Gasteiger partial charge in [0.15, 0.2) is 34.4 Å². The van der Waals surface area contributed by atoms with Gasteiger partial charge in [0, 0.05) is 0 Å². The Morgan fingerprint density at radius 1 is 0.796 bits per heavy atom. The maximum Gasteiger partial charge on any atom is 0.469 e. The molecule has 2 saturated heterocycles. The van der Waals surface area contributed by atoms with Crippen LogP contribution in [-0.4, -0.2) is 129 Å². The Hall–Kier alpha value is -2.83. The van der Waals surface area contributed by atoms with Crippen LogP contribution in [0.2, 0.25) is 5.15 Å². The molecule has 4 aromatic heterocycles. The number of hydrogen-bond acceptors (Lipinski definition) is 16. The van der Waals surface area contributed by atoms with Gasteiger partial charge in [-0.05, 0) is 13.8 Å². The minimum absolute atomic E-state index is 0. The first-order valence-electron chi connectivity index (χ1n) is 13.6. The van der Waals surface area contributed by atoms with Crippen LogP contribution in [0.15, 0.2) is 17.4 Å². The number of imidazole rings is 2. The van der Waals surface area contributed by atoms with Crippen molar-refractivity contribution in [1.82, 2.24) is 39.0 Å². The smallest absolute Gasteiger partial charge is 0.387 e. The lowest BCUT2D eigenvalue weighted by Crippen LogP contribution is -2.33. The standard InChI is InChI=1S/C11H14ClN4O7P.C11H15N4O8P.CH4/c1-4-14-9(12)6-10(15-4)16(3-13-6)11-8(18)7(17)5(23-11)2-22-24(19,20)21;1-4-13-9-6(10(18)14-4)12-3-15(9)11-8(17)7(16)5(23-11)2-22-24(19,20)21;/h3,5,7-8,11,17-18H,2H2,1H3,(H2,19,20,21);3,5,7-8,11,16-17H,2H2,1H3,(H,13,14,18)(H2,19,20,21);1H4/t2*5?,7-,8-,11-;/m11./s1. The van der Waals surface area contributed by atoms with E-state index in [4.69, 9.17) is 40.6 Å². The number of nitrogens with one attached hydrogen (secondary N) is 1. The van der Waals surface area contributed by atoms with Crippen LogP contribution in [0.25, 0.3) is 22.3 Å². The van der Waals surface area contributed by atoms with Crippen molar-refractivity contribution in [3.8, 4) is 0 Å². The van der Waals surface area contributed by atoms with Crippen molar-refractivity contribution in [3.05, 3.63) is 39.8 Å². The Bertz CT molecular complexity index is 1950. The number of aromatic nitrogens is 8. The molecule has 272 valence electrons. The third-order valence-corrected chi connectivity index (χ3v) is 8.31. The zero-order chi connectivity index (χ0) is 35.3. The Labute approximate surface area is 279 Å². The third-order valence-electron chi connectivity index (χ3n) is 7.08. The fourth-order valence-corrected chi connectivity index (χ4v) is 5.86. The SMILES string of the molecule is C.Cc1nc(Cl)c2ncn([C@@H]3OC(COP(=O)(O)O)[C@@H](O)[C@H]3O)c2n1.Cc1nc2c(ncn2[C@@H]2OC(COP(=O)(O)O)[C@@H](O)[C@H]2O)c(=O)[nH]1. The molecule has 0 amide bonds. The van der Waals surface area contributed by atoms with Gasteiger partial charge in [-0.25, -0.2) is 34.0 Å². The number of fused-ring (bicyclic) bond motifs is 2. The summed E-state index contributed by atoms with van der Waals surface area (Å²) in [6.07, 6.45) is -7.72. The molecule has 2 aliphatic rings. The molecule has 0 radical (unpaired) electrons. The summed E-state index contributed by atoms with van der Waals surface area (Å²) >= 11 is 5.99. The fourth-order valence-electron chi connectivity index (χ4n) is 4.93. The van der Waals surface area contributed by atoms with Gasteiger partial charge in [0.25, 0.3) is 5.56 Å². The summed E-state index contributed by atoms with van der Waals surface area (Å²) in [6, 6.07) is 0. The highest BCUT2D eigenvalue weighted by molar-refractivity contribution is 7.46. The first-order valence-corrected chi connectivity index (χ1v) is 17.0. The Morgan fingerprint density at radius 2 is 1.24 bits per heavy atom. The van der Waals surface area contributed by atoms with E-state index in [9.17, 15) is 34.4 Å². The minimum Gasteiger partial charge on any atom is -0.387 e. The molecule has 6 rings (SSSR count). The van der Waals surface area contributed by atoms with Gasteiger partial charge in [0.05, 0.1) is 25.9 Å². The van der Waals surface area contributed by atoms with Crippen molar-refractivity contribution in [2.45, 2.75) is 70.4 Å². The second kappa shape index (κ2) is 14.8. The molecule has 0 bridgehead atoms. The van der Waals surface area contributed by atoms with Crippen LogP contribution in [-0.2, 0) is 27.7 Å². The van der Waals surface area contributed by atoms with Crippen LogP contribution in [0, 0.1) is 13.8 Å². The highest BCUT2D eigenvalue weighted by atomic mass is 35.5. The van der Waals surface area contributed by atoms with Crippen LogP contribution < -0.4 is 5.56 Å². The topological polar surface area (TPSA) is 340 Å². The molecule has 0 spiro atoms. The Kier molecular flexibility index (Phi) is 11.8. The number of aliphatic hydroxyl groups is 4. The molecule has 2 unspecified atom stereocenters. The van der Waals surface area contributed by atoms with Crippen molar-refractivity contribution < 1.29 is 67.7 Å². The number of aromatic amines is 1. The lowest BCUT2D eigenvalue weighted by atomic mass is 10.1. The quantitative estimate of drug-likeness (QED) is 0.0714. The number of nitrogens with zero attached hydrogens (tertiary/aromatic N) is 7. The van der Waals surface area contributed by atoms with E-state index in [1.165, 1.54) is 21.8 Å². The van der Waals surface area contributed by atoms with Crippen LogP contribution >= 0.6 is 27.2 Å². The van der Waals surface area contributed by atoms with Gasteiger partial charge >= 0.3 is 15.6 Å². The number of hydrogen-bond donors (Lipinski definition) is 9. The average molecular weight is 759 g/mol. The first kappa shape index (κ1) is 39.0. The van der Waals surface area contributed by atoms with Gasteiger partial charge in [-0.3, -0.25) is 23.0 Å². The highest BCUT2D eigenvalue weighted by Crippen LogP contribution is 2.40. The largest absolute Gasteiger partial charge is 0.469 e. The number of aryl methyl sites for hydroxylation is 2. The lowest BCUT2D eigenvalue weighted by Gasteiger charge is -2.16. The number of halogens is 1. The fraction of sp³-hybridized carbons (Fsp3) is 0.565. The van der Waals surface area contributed by atoms with Crippen molar-refractivity contribution in [2.75, 3.05) is 13.2 Å². The van der Waals surface area contributed by atoms with Crippen LogP contribution in [0.4, 0.5) is 0 Å². The molecule has 2 aliphatic heterocycles. The molecule has 4 aromatic rings. The van der Waals surface area contributed by atoms with E-state index in [0.717, 1.165) is 0 Å². The molecule has 0 aromatic carbocycles. The summed E-state index contributed by atoms with van der Waals surface area (Å²) in [5.74, 6) is 0.701. The van der Waals surface area contributed by atoms with Crippen molar-refractivity contribution in [3.63, 3.8) is 0 Å². The summed E-state index contributed by atoms with van der Waals surface area (Å²) in [6.45, 7) is 1.97. The van der Waals surface area contributed by atoms with E-state index >= 15 is 0 Å². The predicted molar refractivity (Wildman–Crippen MR) is 163 cm³/mol. The number of phosphoric acid groups is 2. The Morgan fingerprint density at radius 3 is 1.71 bits per heavy atom. The number of H-pyrrole nitrogens is 1. The molecule has 23 nitrogen and oxygen atoms in total. The molecule has 0 aliphatic carbocycles.